The maximum absolute atomic E-state index is 9.71. The molecule has 0 amide bonds. The standard InChI is InChI=1S/C14H12N4O3/c1-20-13-3-2-9(7-16-13)6-12-17-14(21-18-12)10-4-5-15-8-11(10)19/h2-5,7-8,19H,6H2,1H3. The molecule has 0 aliphatic heterocycles. The van der Waals surface area contributed by atoms with Crippen molar-refractivity contribution in [1.29, 1.82) is 0 Å². The van der Waals surface area contributed by atoms with Gasteiger partial charge in [-0.25, -0.2) is 4.98 Å². The molecular weight excluding hydrogens is 272 g/mol. The Balaban J connectivity index is 1.80. The maximum atomic E-state index is 9.71. The second-order valence-electron chi connectivity index (χ2n) is 4.29. The molecule has 7 nitrogen and oxygen atoms in total. The highest BCUT2D eigenvalue weighted by molar-refractivity contribution is 5.60. The van der Waals surface area contributed by atoms with E-state index in [0.717, 1.165) is 5.56 Å². The largest absolute Gasteiger partial charge is 0.505 e. The van der Waals surface area contributed by atoms with E-state index >= 15 is 0 Å². The van der Waals surface area contributed by atoms with E-state index in [1.54, 1.807) is 31.6 Å². The van der Waals surface area contributed by atoms with Crippen molar-refractivity contribution in [2.45, 2.75) is 6.42 Å². The van der Waals surface area contributed by atoms with Crippen LogP contribution in [-0.2, 0) is 6.42 Å². The molecule has 0 aromatic carbocycles. The van der Waals surface area contributed by atoms with Crippen molar-refractivity contribution < 1.29 is 14.4 Å². The zero-order valence-corrected chi connectivity index (χ0v) is 11.2. The quantitative estimate of drug-likeness (QED) is 0.781. The molecule has 7 heteroatoms. The molecule has 3 aromatic heterocycles. The number of hydrogen-bond donors (Lipinski definition) is 1. The average Bonchev–Trinajstić information content (AvgIpc) is 2.97. The third kappa shape index (κ3) is 2.81. The van der Waals surface area contributed by atoms with Crippen LogP contribution in [0.15, 0.2) is 41.3 Å². The van der Waals surface area contributed by atoms with E-state index in [0.29, 0.717) is 23.7 Å². The van der Waals surface area contributed by atoms with Crippen molar-refractivity contribution in [2.75, 3.05) is 7.11 Å². The van der Waals surface area contributed by atoms with Crippen LogP contribution in [0, 0.1) is 0 Å². The summed E-state index contributed by atoms with van der Waals surface area (Å²) >= 11 is 0. The van der Waals surface area contributed by atoms with Gasteiger partial charge in [0.15, 0.2) is 5.82 Å². The Kier molecular flexibility index (Phi) is 3.46. The summed E-state index contributed by atoms with van der Waals surface area (Å²) < 4.78 is 10.2. The predicted molar refractivity (Wildman–Crippen MR) is 72.8 cm³/mol. The molecule has 21 heavy (non-hydrogen) atoms. The van der Waals surface area contributed by atoms with E-state index in [1.165, 1.54) is 6.20 Å². The van der Waals surface area contributed by atoms with Crippen LogP contribution in [-0.4, -0.2) is 32.3 Å². The molecule has 0 spiro atoms. The number of methoxy groups -OCH3 is 1. The van der Waals surface area contributed by atoms with Crippen LogP contribution in [0.25, 0.3) is 11.5 Å². The number of pyridine rings is 2. The molecule has 0 unspecified atom stereocenters. The van der Waals surface area contributed by atoms with Gasteiger partial charge in [0.05, 0.1) is 18.9 Å². The molecule has 0 fully saturated rings. The Labute approximate surface area is 120 Å². The number of nitrogens with zero attached hydrogens (tertiary/aromatic N) is 4. The van der Waals surface area contributed by atoms with Gasteiger partial charge in [0.2, 0.25) is 5.88 Å². The van der Waals surface area contributed by atoms with Crippen molar-refractivity contribution >= 4 is 0 Å². The van der Waals surface area contributed by atoms with Gasteiger partial charge in [-0.05, 0) is 11.6 Å². The van der Waals surface area contributed by atoms with Gasteiger partial charge >= 0.3 is 0 Å². The van der Waals surface area contributed by atoms with Gasteiger partial charge in [-0.15, -0.1) is 0 Å². The smallest absolute Gasteiger partial charge is 0.261 e. The van der Waals surface area contributed by atoms with Crippen LogP contribution in [0.1, 0.15) is 11.4 Å². The Hall–Kier alpha value is -2.96. The van der Waals surface area contributed by atoms with Crippen molar-refractivity contribution in [3.8, 4) is 23.1 Å². The van der Waals surface area contributed by atoms with Crippen LogP contribution in [0.5, 0.6) is 11.6 Å². The molecule has 0 bridgehead atoms. The molecule has 3 rings (SSSR count). The summed E-state index contributed by atoms with van der Waals surface area (Å²) in [5.74, 6) is 1.31. The predicted octanol–water partition coefficient (Wildman–Crippen LogP) is 1.83. The van der Waals surface area contributed by atoms with Crippen molar-refractivity contribution in [2.24, 2.45) is 0 Å². The Bertz CT molecular complexity index is 740. The molecule has 1 N–H and O–H groups in total. The van der Waals surface area contributed by atoms with Gasteiger partial charge in [0, 0.05) is 24.9 Å². The van der Waals surface area contributed by atoms with E-state index in [1.807, 2.05) is 6.07 Å². The Morgan fingerprint density at radius 1 is 1.24 bits per heavy atom. The number of hydrogen-bond acceptors (Lipinski definition) is 7. The molecule has 0 aliphatic rings. The van der Waals surface area contributed by atoms with E-state index in [2.05, 4.69) is 20.1 Å². The summed E-state index contributed by atoms with van der Waals surface area (Å²) in [7, 11) is 1.56. The van der Waals surface area contributed by atoms with Gasteiger partial charge in [0.1, 0.15) is 5.75 Å². The monoisotopic (exact) mass is 284 g/mol. The van der Waals surface area contributed by atoms with Crippen molar-refractivity contribution in [3.05, 3.63) is 48.2 Å². The minimum Gasteiger partial charge on any atom is -0.505 e. The lowest BCUT2D eigenvalue weighted by atomic mass is 10.2. The minimum atomic E-state index is -0.00110. The van der Waals surface area contributed by atoms with Crippen LogP contribution < -0.4 is 4.74 Å². The highest BCUT2D eigenvalue weighted by Crippen LogP contribution is 2.26. The first-order valence-corrected chi connectivity index (χ1v) is 6.21. The molecule has 0 radical (unpaired) electrons. The lowest BCUT2D eigenvalue weighted by Gasteiger charge is -1.99. The lowest BCUT2D eigenvalue weighted by molar-refractivity contribution is 0.397. The van der Waals surface area contributed by atoms with Gasteiger partial charge < -0.3 is 14.4 Å². The third-order valence-electron chi connectivity index (χ3n) is 2.87. The zero-order chi connectivity index (χ0) is 14.7. The van der Waals surface area contributed by atoms with Gasteiger partial charge in [-0.3, -0.25) is 4.98 Å². The fraction of sp³-hybridized carbons (Fsp3) is 0.143. The lowest BCUT2D eigenvalue weighted by Crippen LogP contribution is -1.93. The summed E-state index contributed by atoms with van der Waals surface area (Å²) in [4.78, 5) is 12.2. The second kappa shape index (κ2) is 5.58. The summed E-state index contributed by atoms with van der Waals surface area (Å²) in [5, 5.41) is 13.6. The molecule has 0 atom stereocenters. The molecule has 0 aliphatic carbocycles. The van der Waals surface area contributed by atoms with Crippen LogP contribution >= 0.6 is 0 Å². The molecule has 106 valence electrons. The average molecular weight is 284 g/mol. The van der Waals surface area contributed by atoms with Crippen LogP contribution in [0.2, 0.25) is 0 Å². The van der Waals surface area contributed by atoms with E-state index in [-0.39, 0.29) is 11.6 Å². The van der Waals surface area contributed by atoms with Crippen LogP contribution in [0.4, 0.5) is 0 Å². The highest BCUT2D eigenvalue weighted by atomic mass is 16.5. The van der Waals surface area contributed by atoms with Gasteiger partial charge in [-0.2, -0.15) is 4.98 Å². The fourth-order valence-electron chi connectivity index (χ4n) is 1.82. The first-order valence-electron chi connectivity index (χ1n) is 6.21. The number of ether oxygens (including phenoxy) is 1. The Morgan fingerprint density at radius 2 is 2.14 bits per heavy atom. The molecule has 3 heterocycles. The molecule has 0 saturated heterocycles. The maximum Gasteiger partial charge on any atom is 0.261 e. The minimum absolute atomic E-state index is 0.00110. The summed E-state index contributed by atoms with van der Waals surface area (Å²) in [6, 6.07) is 5.26. The number of aromatic nitrogens is 4. The van der Waals surface area contributed by atoms with Crippen LogP contribution in [0.3, 0.4) is 0 Å². The van der Waals surface area contributed by atoms with E-state index < -0.39 is 0 Å². The SMILES string of the molecule is COc1ccc(Cc2noc(-c3ccncc3O)n2)cn1. The van der Waals surface area contributed by atoms with Crippen molar-refractivity contribution in [3.63, 3.8) is 0 Å². The second-order valence-corrected chi connectivity index (χ2v) is 4.29. The summed E-state index contributed by atoms with van der Waals surface area (Å²) in [5.41, 5.74) is 1.39. The normalized spacial score (nSPS) is 10.5. The van der Waals surface area contributed by atoms with Gasteiger partial charge in [-0.1, -0.05) is 11.2 Å². The third-order valence-corrected chi connectivity index (χ3v) is 2.87. The summed E-state index contributed by atoms with van der Waals surface area (Å²) in [6.07, 6.45) is 5.05. The van der Waals surface area contributed by atoms with E-state index in [4.69, 9.17) is 9.26 Å². The molecule has 3 aromatic rings. The number of aromatic hydroxyl groups is 1. The molecular formula is C14H12N4O3. The first-order chi connectivity index (χ1) is 10.3. The summed E-state index contributed by atoms with van der Waals surface area (Å²) in [6.45, 7) is 0. The molecule has 0 saturated carbocycles. The Morgan fingerprint density at radius 3 is 2.86 bits per heavy atom. The zero-order valence-electron chi connectivity index (χ0n) is 11.2. The fourth-order valence-corrected chi connectivity index (χ4v) is 1.82. The first kappa shape index (κ1) is 13.0. The van der Waals surface area contributed by atoms with Crippen molar-refractivity contribution in [1.82, 2.24) is 20.1 Å². The topological polar surface area (TPSA) is 94.2 Å². The van der Waals surface area contributed by atoms with E-state index in [9.17, 15) is 5.11 Å². The van der Waals surface area contributed by atoms with Gasteiger partial charge in [0.25, 0.3) is 5.89 Å². The number of rotatable bonds is 4. The highest BCUT2D eigenvalue weighted by Gasteiger charge is 2.13.